The molecule has 3 aromatic carbocycles. The van der Waals surface area contributed by atoms with Crippen LogP contribution < -0.4 is 16.4 Å². The average Bonchev–Trinajstić information content (AvgIpc) is 2.82. The Labute approximate surface area is 206 Å². The van der Waals surface area contributed by atoms with E-state index < -0.39 is 35.7 Å². The van der Waals surface area contributed by atoms with Gasteiger partial charge < -0.3 is 36.8 Å². The van der Waals surface area contributed by atoms with E-state index >= 15 is 0 Å². The van der Waals surface area contributed by atoms with Crippen LogP contribution in [0.3, 0.4) is 0 Å². The number of nitrogens with one attached hydrogen (secondary N) is 2. The van der Waals surface area contributed by atoms with Crippen molar-refractivity contribution < 1.29 is 49.2 Å². The third-order valence-corrected chi connectivity index (χ3v) is 4.85. The fourth-order valence-electron chi connectivity index (χ4n) is 3.21. The number of hydrogen-bond donors (Lipinski definition) is 7. The molecule has 0 heterocycles. The molecule has 0 saturated carbocycles. The van der Waals surface area contributed by atoms with Crippen LogP contribution in [0, 0.1) is 0 Å². The maximum Gasteiger partial charge on any atom is 0.335 e. The zero-order chi connectivity index (χ0) is 27.4. The number of nitrogen functional groups attached to an aromatic ring is 1. The summed E-state index contributed by atoms with van der Waals surface area (Å²) in [6.45, 7) is 0. The molecule has 0 unspecified atom stereocenters. The lowest BCUT2D eigenvalue weighted by Gasteiger charge is -2.11. The van der Waals surface area contributed by atoms with Gasteiger partial charge in [0.2, 0.25) is 0 Å². The molecule has 0 radical (unpaired) electrons. The number of hydrogen-bond acceptors (Lipinski definition) is 7. The van der Waals surface area contributed by atoms with E-state index in [1.165, 1.54) is 12.1 Å². The van der Waals surface area contributed by atoms with E-state index in [0.29, 0.717) is 0 Å². The Morgan fingerprint density at radius 3 is 1.00 bits per heavy atom. The molecular weight excluding hydrogens is 490 g/mol. The second-order valence-corrected chi connectivity index (χ2v) is 7.57. The van der Waals surface area contributed by atoms with Crippen molar-refractivity contribution in [3.8, 4) is 0 Å². The second-order valence-electron chi connectivity index (χ2n) is 7.57. The Hall–Kier alpha value is -5.72. The van der Waals surface area contributed by atoms with Gasteiger partial charge in [-0.2, -0.15) is 0 Å². The highest BCUT2D eigenvalue weighted by atomic mass is 16.4. The fourth-order valence-corrected chi connectivity index (χ4v) is 3.21. The Morgan fingerprint density at radius 2 is 0.730 bits per heavy atom. The number of anilines is 3. The number of rotatable bonds is 8. The molecule has 0 aliphatic rings. The third-order valence-electron chi connectivity index (χ3n) is 4.85. The summed E-state index contributed by atoms with van der Waals surface area (Å²) in [5.41, 5.74) is 3.69. The molecule has 0 saturated heterocycles. The Bertz CT molecular complexity index is 1320. The lowest BCUT2D eigenvalue weighted by molar-refractivity contribution is 0.0676. The van der Waals surface area contributed by atoms with E-state index in [0.717, 1.165) is 42.5 Å². The van der Waals surface area contributed by atoms with Crippen LogP contribution in [-0.4, -0.2) is 56.1 Å². The van der Waals surface area contributed by atoms with Gasteiger partial charge in [0.25, 0.3) is 11.8 Å². The van der Waals surface area contributed by atoms with Crippen LogP contribution in [0.25, 0.3) is 0 Å². The number of carbonyl (C=O) groups is 6. The van der Waals surface area contributed by atoms with Gasteiger partial charge in [0, 0.05) is 28.2 Å². The first-order valence-corrected chi connectivity index (χ1v) is 10.1. The standard InChI is InChI=1S/C24H17N3O10/c25-16-4-10(19(28)26-17-6-12(21(30)31)2-13(7-17)22(32)33)1-11(5-16)20(29)27-18-8-14(23(34)35)3-15(9-18)24(36)37/h1-9H,25H2,(H,26,28)(H,27,29)(H,30,31)(H,32,33)(H,34,35)(H,36,37). The van der Waals surface area contributed by atoms with Crippen LogP contribution in [0.4, 0.5) is 17.1 Å². The first kappa shape index (κ1) is 25.9. The molecule has 3 aromatic rings. The second kappa shape index (κ2) is 10.3. The number of amides is 2. The summed E-state index contributed by atoms with van der Waals surface area (Å²) < 4.78 is 0. The number of benzene rings is 3. The molecule has 13 heteroatoms. The summed E-state index contributed by atoms with van der Waals surface area (Å²) in [4.78, 5) is 70.7. The smallest absolute Gasteiger partial charge is 0.335 e. The van der Waals surface area contributed by atoms with Gasteiger partial charge in [-0.05, 0) is 54.6 Å². The minimum atomic E-state index is -1.42. The number of carboxylic acids is 4. The van der Waals surface area contributed by atoms with Gasteiger partial charge in [-0.1, -0.05) is 0 Å². The van der Waals surface area contributed by atoms with Crippen LogP contribution >= 0.6 is 0 Å². The normalized spacial score (nSPS) is 10.3. The molecule has 0 atom stereocenters. The molecular formula is C24H17N3O10. The summed E-state index contributed by atoms with van der Waals surface area (Å²) in [6.07, 6.45) is 0. The van der Waals surface area contributed by atoms with Crippen LogP contribution in [0.1, 0.15) is 62.1 Å². The van der Waals surface area contributed by atoms with Crippen molar-refractivity contribution in [3.63, 3.8) is 0 Å². The molecule has 37 heavy (non-hydrogen) atoms. The van der Waals surface area contributed by atoms with E-state index in [1.54, 1.807) is 0 Å². The molecule has 0 aromatic heterocycles. The fraction of sp³-hybridized carbons (Fsp3) is 0. The molecule has 3 rings (SSSR count). The topological polar surface area (TPSA) is 233 Å². The molecule has 8 N–H and O–H groups in total. The summed E-state index contributed by atoms with van der Waals surface area (Å²) in [5, 5.41) is 41.4. The Balaban J connectivity index is 1.90. The number of nitrogens with two attached hydrogens (primary N) is 1. The molecule has 0 aliphatic heterocycles. The molecule has 188 valence electrons. The maximum absolute atomic E-state index is 12.8. The van der Waals surface area contributed by atoms with Crippen LogP contribution in [-0.2, 0) is 0 Å². The molecule has 0 bridgehead atoms. The molecule has 2 amide bonds. The molecule has 0 fully saturated rings. The predicted octanol–water partition coefficient (Wildman–Crippen LogP) is 2.57. The van der Waals surface area contributed by atoms with Crippen molar-refractivity contribution in [3.05, 3.63) is 88.0 Å². The Morgan fingerprint density at radius 1 is 0.459 bits per heavy atom. The first-order chi connectivity index (χ1) is 17.3. The minimum absolute atomic E-state index is 0.0196. The van der Waals surface area contributed by atoms with Crippen molar-refractivity contribution in [2.45, 2.75) is 0 Å². The molecule has 0 spiro atoms. The van der Waals surface area contributed by atoms with E-state index in [1.807, 2.05) is 0 Å². The highest BCUT2D eigenvalue weighted by molar-refractivity contribution is 6.10. The lowest BCUT2D eigenvalue weighted by Crippen LogP contribution is -2.17. The zero-order valence-corrected chi connectivity index (χ0v) is 18.5. The van der Waals surface area contributed by atoms with Gasteiger partial charge in [-0.3, -0.25) is 9.59 Å². The summed E-state index contributed by atoms with van der Waals surface area (Å²) in [5.74, 6) is -7.36. The highest BCUT2D eigenvalue weighted by Crippen LogP contribution is 2.21. The summed E-state index contributed by atoms with van der Waals surface area (Å²) in [6, 6.07) is 9.54. The average molecular weight is 507 g/mol. The van der Waals surface area contributed by atoms with Gasteiger partial charge in [-0.25, -0.2) is 19.2 Å². The molecule has 13 nitrogen and oxygen atoms in total. The van der Waals surface area contributed by atoms with Gasteiger partial charge in [0.05, 0.1) is 22.3 Å². The Kier molecular flexibility index (Phi) is 7.19. The summed E-state index contributed by atoms with van der Waals surface area (Å²) in [7, 11) is 0. The number of carbonyl (C=O) groups excluding carboxylic acids is 2. The monoisotopic (exact) mass is 507 g/mol. The van der Waals surface area contributed by atoms with Crippen molar-refractivity contribution in [2.75, 3.05) is 16.4 Å². The van der Waals surface area contributed by atoms with Crippen molar-refractivity contribution in [1.82, 2.24) is 0 Å². The van der Waals surface area contributed by atoms with E-state index in [-0.39, 0.29) is 50.4 Å². The van der Waals surface area contributed by atoms with E-state index in [9.17, 15) is 49.2 Å². The summed E-state index contributed by atoms with van der Waals surface area (Å²) >= 11 is 0. The van der Waals surface area contributed by atoms with Crippen molar-refractivity contribution >= 4 is 52.8 Å². The van der Waals surface area contributed by atoms with Gasteiger partial charge in [0.15, 0.2) is 0 Å². The van der Waals surface area contributed by atoms with Crippen LogP contribution in [0.5, 0.6) is 0 Å². The quantitative estimate of drug-likeness (QED) is 0.219. The maximum atomic E-state index is 12.8. The van der Waals surface area contributed by atoms with Gasteiger partial charge in [-0.15, -0.1) is 0 Å². The van der Waals surface area contributed by atoms with Gasteiger partial charge in [0.1, 0.15) is 0 Å². The largest absolute Gasteiger partial charge is 0.478 e. The first-order valence-electron chi connectivity index (χ1n) is 10.1. The van der Waals surface area contributed by atoms with Crippen LogP contribution in [0.2, 0.25) is 0 Å². The number of aromatic carboxylic acids is 4. The van der Waals surface area contributed by atoms with Crippen molar-refractivity contribution in [1.29, 1.82) is 0 Å². The van der Waals surface area contributed by atoms with E-state index in [4.69, 9.17) is 5.73 Å². The zero-order valence-electron chi connectivity index (χ0n) is 18.5. The highest BCUT2D eigenvalue weighted by Gasteiger charge is 2.18. The minimum Gasteiger partial charge on any atom is -0.478 e. The van der Waals surface area contributed by atoms with Gasteiger partial charge >= 0.3 is 23.9 Å². The van der Waals surface area contributed by atoms with Crippen LogP contribution in [0.15, 0.2) is 54.6 Å². The van der Waals surface area contributed by atoms with E-state index in [2.05, 4.69) is 10.6 Å². The third kappa shape index (κ3) is 6.24. The molecule has 0 aliphatic carbocycles. The predicted molar refractivity (Wildman–Crippen MR) is 127 cm³/mol. The number of carboxylic acid groups (broad SMARTS) is 4. The lowest BCUT2D eigenvalue weighted by atomic mass is 10.1. The van der Waals surface area contributed by atoms with Crippen molar-refractivity contribution in [2.24, 2.45) is 0 Å². The SMILES string of the molecule is Nc1cc(C(=O)Nc2cc(C(=O)O)cc(C(=O)O)c2)cc(C(=O)Nc2cc(C(=O)O)cc(C(=O)O)c2)c1.